The van der Waals surface area contributed by atoms with Gasteiger partial charge in [0, 0.05) is 20.1 Å². The Hall–Kier alpha value is -0.411. The first-order chi connectivity index (χ1) is 11.0. The normalized spacial score (nSPS) is 10.8. The molecule has 0 amide bonds. The van der Waals surface area contributed by atoms with Gasteiger partial charge in [0.1, 0.15) is 62.8 Å². The van der Waals surface area contributed by atoms with E-state index in [9.17, 15) is 4.79 Å². The molecule has 0 aliphatic carbocycles. The minimum atomic E-state index is -0.684. The molecule has 96 valence electrons. The number of benzene rings is 2. The number of carbonyl (C=O) groups is 1. The van der Waals surface area contributed by atoms with E-state index < -0.39 is 5.78 Å². The number of carbonyl (C=O) groups excluding carboxylic acids is 1. The minimum absolute atomic E-state index is 0.0579. The van der Waals surface area contributed by atoms with Crippen LogP contribution in [0.5, 0.6) is 0 Å². The predicted molar refractivity (Wildman–Crippen MR) is 115 cm³/mol. The molecule has 0 saturated heterocycles. The average molecular weight is 418 g/mol. The highest BCUT2D eigenvalue weighted by Gasteiger charge is 2.23. The molecule has 0 aromatic heterocycles. The molecule has 2 aromatic rings. The number of hydrogen-bond donors (Lipinski definition) is 0. The lowest BCUT2D eigenvalue weighted by atomic mass is 9.62. The molecule has 2 aromatic carbocycles. The lowest BCUT2D eigenvalue weighted by Gasteiger charge is -2.23. The van der Waals surface area contributed by atoms with Crippen molar-refractivity contribution in [2.75, 3.05) is 0 Å². The van der Waals surface area contributed by atoms with Crippen LogP contribution in [0, 0.1) is 0 Å². The Labute approximate surface area is 168 Å². The maximum atomic E-state index is 13.0. The molecule has 0 bridgehead atoms. The van der Waals surface area contributed by atoms with E-state index in [4.69, 9.17) is 62.8 Å². The fourth-order valence-electron chi connectivity index (χ4n) is 2.21. The zero-order valence-corrected chi connectivity index (χ0v) is 15.5. The van der Waals surface area contributed by atoms with Gasteiger partial charge >= 0.3 is 0 Å². The van der Waals surface area contributed by atoms with Crippen LogP contribution in [0.15, 0.2) is 8.95 Å². The quantitative estimate of drug-likeness (QED) is 0.352. The van der Waals surface area contributed by atoms with Crippen LogP contribution < -0.4 is 43.7 Å². The van der Waals surface area contributed by atoms with Crippen LogP contribution >= 0.6 is 31.9 Å². The fraction of sp³-hybridized carbons (Fsp3) is 0. The number of ketones is 1. The average Bonchev–Trinajstić information content (AvgIpc) is 2.55. The summed E-state index contributed by atoms with van der Waals surface area (Å²) in [5.74, 6) is -0.684. The Bertz CT molecular complexity index is 767. The van der Waals surface area contributed by atoms with E-state index in [1.807, 2.05) is 0 Å². The third-order valence-corrected chi connectivity index (χ3v) is 5.35. The molecular weight excluding hydrogens is 418 g/mol. The van der Waals surface area contributed by atoms with Crippen LogP contribution in [-0.4, -0.2) is 68.6 Å². The smallest absolute Gasteiger partial charge is 0.190 e. The van der Waals surface area contributed by atoms with E-state index >= 15 is 0 Å². The summed E-state index contributed by atoms with van der Waals surface area (Å²) in [5.41, 5.74) is -0.189. The van der Waals surface area contributed by atoms with Crippen LogP contribution in [0.3, 0.4) is 0 Å². The van der Waals surface area contributed by atoms with E-state index in [-0.39, 0.29) is 54.8 Å². The summed E-state index contributed by atoms with van der Waals surface area (Å²) >= 11 is 6.33. The first-order valence-corrected chi connectivity index (χ1v) is 7.98. The maximum Gasteiger partial charge on any atom is 0.190 e. The highest BCUT2D eigenvalue weighted by Crippen LogP contribution is 2.06. The maximum absolute atomic E-state index is 13.0. The summed E-state index contributed by atoms with van der Waals surface area (Å²) < 4.78 is 0.592. The standard InChI is InChI=1S/C13B8Br2O/c14-3-1(4(15)8(19)11(22)7(3)18)13(24)2-5(16)9(20)12(23)10(21)6(2)17. The topological polar surface area (TPSA) is 17.1 Å². The van der Waals surface area contributed by atoms with Gasteiger partial charge in [0.2, 0.25) is 0 Å². The number of rotatable bonds is 2. The number of hydrogen-bond acceptors (Lipinski definition) is 1. The van der Waals surface area contributed by atoms with Crippen molar-refractivity contribution in [1.82, 2.24) is 0 Å². The van der Waals surface area contributed by atoms with E-state index in [1.54, 1.807) is 0 Å². The van der Waals surface area contributed by atoms with Gasteiger partial charge in [-0.2, -0.15) is 0 Å². The van der Waals surface area contributed by atoms with E-state index in [2.05, 4.69) is 31.9 Å². The van der Waals surface area contributed by atoms with Crippen molar-refractivity contribution in [3.63, 3.8) is 0 Å². The Morgan fingerprint density at radius 3 is 0.917 bits per heavy atom. The van der Waals surface area contributed by atoms with Crippen molar-refractivity contribution in [3.8, 4) is 0 Å². The van der Waals surface area contributed by atoms with E-state index in [1.165, 1.54) is 0 Å². The van der Waals surface area contributed by atoms with Gasteiger partial charge in [-0.05, 0) is 0 Å². The van der Waals surface area contributed by atoms with E-state index in [0.717, 1.165) is 0 Å². The van der Waals surface area contributed by atoms with Gasteiger partial charge in [-0.3, -0.25) is 4.79 Å². The van der Waals surface area contributed by atoms with Crippen LogP contribution in [0.2, 0.25) is 0 Å². The Morgan fingerprint density at radius 1 is 0.500 bits per heavy atom. The molecule has 2 rings (SSSR count). The van der Waals surface area contributed by atoms with Gasteiger partial charge in [-0.25, -0.2) is 0 Å². The fourth-order valence-corrected chi connectivity index (χ4v) is 3.06. The Kier molecular flexibility index (Phi) is 5.87. The van der Waals surface area contributed by atoms with Gasteiger partial charge in [-0.1, -0.05) is 75.6 Å². The summed E-state index contributed by atoms with van der Waals surface area (Å²) in [7, 11) is 47.1. The molecule has 0 unspecified atom stereocenters. The van der Waals surface area contributed by atoms with Gasteiger partial charge in [0.05, 0.1) is 0 Å². The van der Waals surface area contributed by atoms with Gasteiger partial charge in [0.25, 0.3) is 0 Å². The summed E-state index contributed by atoms with van der Waals surface area (Å²) in [5, 5.41) is 0. The van der Waals surface area contributed by atoms with E-state index in [0.29, 0.717) is 8.95 Å². The van der Waals surface area contributed by atoms with Gasteiger partial charge in [0.15, 0.2) is 5.78 Å². The summed E-state index contributed by atoms with van der Waals surface area (Å²) in [6, 6.07) is 0. The van der Waals surface area contributed by atoms with Crippen molar-refractivity contribution >= 4 is 144 Å². The predicted octanol–water partition coefficient (Wildman–Crippen LogP) is -5.21. The van der Waals surface area contributed by atoms with Gasteiger partial charge in [-0.15, -0.1) is 0 Å². The second-order valence-electron chi connectivity index (χ2n) is 5.02. The molecule has 1 nitrogen and oxygen atoms in total. The van der Waals surface area contributed by atoms with Crippen molar-refractivity contribution in [1.29, 1.82) is 0 Å². The SMILES string of the molecule is [B]c1c([B])c(C(=O)c2c([B])c([B])c(Br)c([B])c2[B])c([B])c([B])c1Br. The van der Waals surface area contributed by atoms with Crippen LogP contribution in [-0.2, 0) is 0 Å². The monoisotopic (exact) mass is 418 g/mol. The number of halogens is 2. The minimum Gasteiger partial charge on any atom is -0.289 e. The molecule has 0 aliphatic rings. The highest BCUT2D eigenvalue weighted by atomic mass is 79.9. The molecule has 0 atom stereocenters. The van der Waals surface area contributed by atoms with Crippen LogP contribution in [0.1, 0.15) is 15.9 Å². The summed E-state index contributed by atoms with van der Waals surface area (Å²) in [6.45, 7) is 0. The molecule has 0 spiro atoms. The lowest BCUT2D eigenvalue weighted by Crippen LogP contribution is -2.51. The molecular formula is C13B8Br2O. The van der Waals surface area contributed by atoms with Crippen molar-refractivity contribution in [2.24, 2.45) is 0 Å². The zero-order chi connectivity index (χ0) is 18.5. The molecule has 0 aliphatic heterocycles. The first-order valence-electron chi connectivity index (χ1n) is 6.39. The largest absolute Gasteiger partial charge is 0.289 e. The molecule has 11 heteroatoms. The van der Waals surface area contributed by atoms with Crippen molar-refractivity contribution in [3.05, 3.63) is 20.1 Å². The molecule has 0 N–H and O–H groups in total. The lowest BCUT2D eigenvalue weighted by molar-refractivity contribution is 0.104. The van der Waals surface area contributed by atoms with Gasteiger partial charge < -0.3 is 0 Å². The summed E-state index contributed by atoms with van der Waals surface area (Å²) in [4.78, 5) is 13.0. The molecule has 0 fully saturated rings. The molecule has 0 heterocycles. The Balaban J connectivity index is 2.87. The molecule has 16 radical (unpaired) electrons. The van der Waals surface area contributed by atoms with Crippen LogP contribution in [0.25, 0.3) is 0 Å². The van der Waals surface area contributed by atoms with Crippen molar-refractivity contribution < 1.29 is 4.79 Å². The third kappa shape index (κ3) is 2.96. The van der Waals surface area contributed by atoms with Crippen LogP contribution in [0.4, 0.5) is 0 Å². The second kappa shape index (κ2) is 7.07. The zero-order valence-electron chi connectivity index (χ0n) is 12.3. The second-order valence-corrected chi connectivity index (χ2v) is 6.60. The highest BCUT2D eigenvalue weighted by molar-refractivity contribution is 9.11. The molecule has 0 saturated carbocycles. The third-order valence-electron chi connectivity index (χ3n) is 3.64. The molecule has 24 heavy (non-hydrogen) atoms. The van der Waals surface area contributed by atoms with Crippen molar-refractivity contribution in [2.45, 2.75) is 0 Å². The Morgan fingerprint density at radius 2 is 0.708 bits per heavy atom. The summed E-state index contributed by atoms with van der Waals surface area (Å²) in [6.07, 6.45) is 0. The first kappa shape index (κ1) is 19.9.